The van der Waals surface area contributed by atoms with Gasteiger partial charge < -0.3 is 15.2 Å². The lowest BCUT2D eigenvalue weighted by molar-refractivity contribution is -0.384. The van der Waals surface area contributed by atoms with Gasteiger partial charge in [0.25, 0.3) is 5.69 Å². The van der Waals surface area contributed by atoms with Gasteiger partial charge in [-0.1, -0.05) is 18.2 Å². The van der Waals surface area contributed by atoms with Gasteiger partial charge in [0.05, 0.1) is 28.2 Å². The average molecular weight is 332 g/mol. The number of amides is 1. The van der Waals surface area contributed by atoms with Crippen LogP contribution in [0.4, 0.5) is 11.4 Å². The number of nitro benzene ring substituents is 1. The zero-order valence-corrected chi connectivity index (χ0v) is 13.1. The van der Waals surface area contributed by atoms with Crippen LogP contribution in [0.1, 0.15) is 12.5 Å². The molecule has 0 aromatic heterocycles. The molecule has 8 heteroatoms. The summed E-state index contributed by atoms with van der Waals surface area (Å²) in [6, 6.07) is 4.13. The van der Waals surface area contributed by atoms with Crippen molar-refractivity contribution in [1.82, 2.24) is 0 Å². The quantitative estimate of drug-likeness (QED) is 0.494. The van der Waals surface area contributed by atoms with Crippen molar-refractivity contribution in [3.05, 3.63) is 46.0 Å². The molecule has 2 heterocycles. The number of carboxylic acid groups (broad SMARTS) is 1. The number of carboxylic acids is 1. The van der Waals surface area contributed by atoms with E-state index in [-0.39, 0.29) is 11.4 Å². The number of nitrogens with one attached hydrogen (secondary N) is 1. The van der Waals surface area contributed by atoms with Crippen molar-refractivity contribution in [2.75, 3.05) is 5.32 Å². The zero-order chi connectivity index (χ0) is 17.6. The first kappa shape index (κ1) is 16.1. The normalized spacial score (nSPS) is 30.3. The summed E-state index contributed by atoms with van der Waals surface area (Å²) in [6.07, 6.45) is 2.71. The number of nitrogens with zero attached hydrogens (tertiary/aromatic N) is 1. The molecular weight excluding hydrogens is 316 g/mol. The van der Waals surface area contributed by atoms with Gasteiger partial charge in [0.1, 0.15) is 5.92 Å². The molecule has 4 atom stereocenters. The monoisotopic (exact) mass is 332 g/mol. The number of hydrogen-bond acceptors (Lipinski definition) is 5. The fraction of sp³-hybridized carbons (Fsp3) is 0.375. The molecule has 2 aliphatic rings. The van der Waals surface area contributed by atoms with Gasteiger partial charge in [0, 0.05) is 12.1 Å². The molecule has 1 amide bonds. The Balaban J connectivity index is 1.90. The van der Waals surface area contributed by atoms with Gasteiger partial charge in [-0.05, 0) is 19.4 Å². The van der Waals surface area contributed by atoms with E-state index in [0.29, 0.717) is 5.56 Å². The van der Waals surface area contributed by atoms with Gasteiger partial charge in [-0.3, -0.25) is 19.7 Å². The lowest BCUT2D eigenvalue weighted by Gasteiger charge is -2.28. The highest BCUT2D eigenvalue weighted by Gasteiger charge is 2.59. The smallest absolute Gasteiger partial charge is 0.310 e. The molecule has 0 radical (unpaired) electrons. The van der Waals surface area contributed by atoms with E-state index < -0.39 is 40.3 Å². The second kappa shape index (κ2) is 5.41. The first-order valence-electron chi connectivity index (χ1n) is 7.39. The minimum absolute atomic E-state index is 0.152. The number of carbonyl (C=O) groups excluding carboxylic acids is 1. The highest BCUT2D eigenvalue weighted by atomic mass is 16.6. The van der Waals surface area contributed by atoms with Gasteiger partial charge in [-0.15, -0.1) is 0 Å². The van der Waals surface area contributed by atoms with Crippen LogP contribution in [0, 0.1) is 28.9 Å². The largest absolute Gasteiger partial charge is 0.481 e. The molecule has 1 aromatic carbocycles. The van der Waals surface area contributed by atoms with Crippen molar-refractivity contribution in [2.45, 2.75) is 25.6 Å². The van der Waals surface area contributed by atoms with Crippen LogP contribution in [-0.2, 0) is 14.3 Å². The van der Waals surface area contributed by atoms with Crippen LogP contribution in [0.15, 0.2) is 30.4 Å². The van der Waals surface area contributed by atoms with E-state index in [2.05, 4.69) is 5.32 Å². The number of benzene rings is 1. The van der Waals surface area contributed by atoms with Crippen LogP contribution < -0.4 is 5.32 Å². The van der Waals surface area contributed by atoms with E-state index in [1.807, 2.05) is 0 Å². The molecule has 2 aliphatic heterocycles. The minimum atomic E-state index is -1.11. The third-order valence-corrected chi connectivity index (χ3v) is 4.59. The number of carbonyl (C=O) groups is 2. The predicted octanol–water partition coefficient (Wildman–Crippen LogP) is 1.89. The summed E-state index contributed by atoms with van der Waals surface area (Å²) in [6.45, 7) is 3.37. The van der Waals surface area contributed by atoms with E-state index in [1.165, 1.54) is 18.2 Å². The Morgan fingerprint density at radius 3 is 2.75 bits per heavy atom. The number of ether oxygens (including phenoxy) is 1. The first-order chi connectivity index (χ1) is 11.2. The lowest BCUT2D eigenvalue weighted by Crippen LogP contribution is -2.44. The molecule has 8 nitrogen and oxygen atoms in total. The standard InChI is InChI=1S/C16H16N2O6/c1-8-3-4-9(18(22)23)7-10(8)17-14(19)13-12(15(20)21)11-5-6-16(13,2)24-11/h3-7,11-13H,1-2H3,(H,17,19)(H,20,21)/t11-,12+,13+,16-/m1/s1. The van der Waals surface area contributed by atoms with Crippen LogP contribution in [-0.4, -0.2) is 33.6 Å². The van der Waals surface area contributed by atoms with Crippen molar-refractivity contribution < 1.29 is 24.4 Å². The summed E-state index contributed by atoms with van der Waals surface area (Å²) in [5.41, 5.74) is -0.216. The van der Waals surface area contributed by atoms with Gasteiger partial charge in [-0.2, -0.15) is 0 Å². The number of non-ortho nitro benzene ring substituents is 1. The second-order valence-electron chi connectivity index (χ2n) is 6.21. The van der Waals surface area contributed by atoms with Crippen LogP contribution in [0.2, 0.25) is 0 Å². The minimum Gasteiger partial charge on any atom is -0.481 e. The Hall–Kier alpha value is -2.74. The van der Waals surface area contributed by atoms with Gasteiger partial charge in [0.15, 0.2) is 0 Å². The second-order valence-corrected chi connectivity index (χ2v) is 6.21. The van der Waals surface area contributed by atoms with E-state index >= 15 is 0 Å². The number of fused-ring (bicyclic) bond motifs is 2. The molecule has 0 aliphatic carbocycles. The third-order valence-electron chi connectivity index (χ3n) is 4.59. The molecule has 0 saturated carbocycles. The van der Waals surface area contributed by atoms with Crippen LogP contribution >= 0.6 is 0 Å². The van der Waals surface area contributed by atoms with Crippen molar-refractivity contribution >= 4 is 23.3 Å². The summed E-state index contributed by atoms with van der Waals surface area (Å²) < 4.78 is 5.64. The topological polar surface area (TPSA) is 119 Å². The number of aliphatic carboxylic acids is 1. The number of nitro groups is 1. The van der Waals surface area contributed by atoms with E-state index in [0.717, 1.165) is 0 Å². The number of hydrogen-bond donors (Lipinski definition) is 2. The molecule has 1 fully saturated rings. The molecule has 0 unspecified atom stereocenters. The molecule has 1 saturated heterocycles. The Labute approximate surface area is 137 Å². The van der Waals surface area contributed by atoms with Gasteiger partial charge >= 0.3 is 5.97 Å². The predicted molar refractivity (Wildman–Crippen MR) is 83.5 cm³/mol. The molecule has 0 spiro atoms. The molecular formula is C16H16N2O6. The van der Waals surface area contributed by atoms with Crippen LogP contribution in [0.3, 0.4) is 0 Å². The van der Waals surface area contributed by atoms with Gasteiger partial charge in [0.2, 0.25) is 5.91 Å². The molecule has 2 bridgehead atoms. The van der Waals surface area contributed by atoms with E-state index in [1.54, 1.807) is 26.0 Å². The Morgan fingerprint density at radius 1 is 1.42 bits per heavy atom. The maximum absolute atomic E-state index is 12.7. The lowest BCUT2D eigenvalue weighted by atomic mass is 9.75. The summed E-state index contributed by atoms with van der Waals surface area (Å²) >= 11 is 0. The molecule has 2 N–H and O–H groups in total. The Kier molecular flexibility index (Phi) is 3.64. The number of anilines is 1. The molecule has 24 heavy (non-hydrogen) atoms. The van der Waals surface area contributed by atoms with E-state index in [4.69, 9.17) is 4.74 Å². The summed E-state index contributed by atoms with van der Waals surface area (Å²) in [5.74, 6) is -3.54. The van der Waals surface area contributed by atoms with Crippen molar-refractivity contribution in [3.63, 3.8) is 0 Å². The maximum Gasteiger partial charge on any atom is 0.310 e. The highest BCUT2D eigenvalue weighted by Crippen LogP contribution is 2.47. The molecule has 3 rings (SSSR count). The van der Waals surface area contributed by atoms with Gasteiger partial charge in [-0.25, -0.2) is 0 Å². The fourth-order valence-corrected chi connectivity index (χ4v) is 3.35. The van der Waals surface area contributed by atoms with Crippen molar-refractivity contribution in [2.24, 2.45) is 11.8 Å². The average Bonchev–Trinajstić information content (AvgIpc) is 3.02. The third kappa shape index (κ3) is 2.44. The number of rotatable bonds is 4. The Morgan fingerprint density at radius 2 is 2.12 bits per heavy atom. The Bertz CT molecular complexity index is 774. The van der Waals surface area contributed by atoms with Crippen LogP contribution in [0.5, 0.6) is 0 Å². The summed E-state index contributed by atoms with van der Waals surface area (Å²) in [5, 5.41) is 22.9. The zero-order valence-electron chi connectivity index (χ0n) is 13.1. The highest BCUT2D eigenvalue weighted by molar-refractivity contribution is 5.98. The van der Waals surface area contributed by atoms with Crippen LogP contribution in [0.25, 0.3) is 0 Å². The SMILES string of the molecule is Cc1ccc([N+](=O)[O-])cc1NC(=O)[C@@H]1[C@@H](C(=O)O)[C@H]2C=C[C@@]1(C)O2. The van der Waals surface area contributed by atoms with Crippen molar-refractivity contribution in [3.8, 4) is 0 Å². The first-order valence-corrected chi connectivity index (χ1v) is 7.39. The maximum atomic E-state index is 12.7. The summed E-state index contributed by atoms with van der Waals surface area (Å²) in [7, 11) is 0. The molecule has 126 valence electrons. The summed E-state index contributed by atoms with van der Waals surface area (Å²) in [4.78, 5) is 34.6. The van der Waals surface area contributed by atoms with Crippen molar-refractivity contribution in [1.29, 1.82) is 0 Å². The molecule has 1 aromatic rings. The number of aryl methyl sites for hydroxylation is 1. The van der Waals surface area contributed by atoms with E-state index in [9.17, 15) is 24.8 Å². The fourth-order valence-electron chi connectivity index (χ4n) is 3.35.